The molecule has 1 aliphatic rings. The number of rotatable bonds is 3. The van der Waals surface area contributed by atoms with Crippen LogP contribution in [0.15, 0.2) is 29.3 Å². The highest BCUT2D eigenvalue weighted by Gasteiger charge is 2.13. The first-order valence-electron chi connectivity index (χ1n) is 5.67. The predicted octanol–water partition coefficient (Wildman–Crippen LogP) is 2.81. The number of fused-ring (bicyclic) bond motifs is 1. The van der Waals surface area contributed by atoms with Crippen LogP contribution in [0.25, 0.3) is 0 Å². The van der Waals surface area contributed by atoms with Gasteiger partial charge in [0.1, 0.15) is 0 Å². The minimum absolute atomic E-state index is 0.781. The van der Waals surface area contributed by atoms with E-state index in [4.69, 9.17) is 4.74 Å². The molecule has 0 bridgehead atoms. The molecule has 1 aromatic rings. The third kappa shape index (κ3) is 2.38. The van der Waals surface area contributed by atoms with Gasteiger partial charge in [-0.2, -0.15) is 0 Å². The topological polar surface area (TPSA) is 21.6 Å². The van der Waals surface area contributed by atoms with Crippen LogP contribution in [-0.4, -0.2) is 19.0 Å². The van der Waals surface area contributed by atoms with Crippen LogP contribution in [0.1, 0.15) is 30.9 Å². The number of hydrogen-bond acceptors (Lipinski definition) is 2. The molecule has 0 spiro atoms. The van der Waals surface area contributed by atoms with Gasteiger partial charge in [0.15, 0.2) is 0 Å². The van der Waals surface area contributed by atoms with Crippen molar-refractivity contribution in [2.24, 2.45) is 4.99 Å². The van der Waals surface area contributed by atoms with Crippen molar-refractivity contribution in [2.75, 3.05) is 13.2 Å². The Hall–Kier alpha value is -1.31. The van der Waals surface area contributed by atoms with Crippen LogP contribution >= 0.6 is 0 Å². The molecule has 0 saturated carbocycles. The molecular weight excluding hydrogens is 186 g/mol. The molecular formula is C13H17NO. The fourth-order valence-corrected chi connectivity index (χ4v) is 1.75. The number of nitrogens with zero attached hydrogens (tertiary/aromatic N) is 1. The Labute approximate surface area is 91.0 Å². The molecule has 1 aromatic carbocycles. The van der Waals surface area contributed by atoms with Crippen molar-refractivity contribution in [3.05, 3.63) is 35.4 Å². The molecule has 2 heteroatoms. The molecule has 0 aromatic heterocycles. The van der Waals surface area contributed by atoms with Crippen LogP contribution in [0.4, 0.5) is 0 Å². The van der Waals surface area contributed by atoms with Gasteiger partial charge >= 0.3 is 0 Å². The van der Waals surface area contributed by atoms with E-state index in [1.165, 1.54) is 11.1 Å². The van der Waals surface area contributed by atoms with Gasteiger partial charge in [-0.15, -0.1) is 0 Å². The predicted molar refractivity (Wildman–Crippen MR) is 62.4 cm³/mol. The zero-order chi connectivity index (χ0) is 10.5. The molecule has 1 heterocycles. The van der Waals surface area contributed by atoms with Crippen molar-refractivity contribution in [1.29, 1.82) is 0 Å². The maximum atomic E-state index is 5.70. The quantitative estimate of drug-likeness (QED) is 0.692. The lowest BCUT2D eigenvalue weighted by molar-refractivity contribution is 0.295. The van der Waals surface area contributed by atoms with Crippen LogP contribution in [0.3, 0.4) is 0 Å². The summed E-state index contributed by atoms with van der Waals surface area (Å²) in [6.45, 7) is 3.81. The summed E-state index contributed by atoms with van der Waals surface area (Å²) < 4.78 is 5.70. The van der Waals surface area contributed by atoms with Gasteiger partial charge in [0, 0.05) is 12.1 Å². The molecule has 15 heavy (non-hydrogen) atoms. The first kappa shape index (κ1) is 10.2. The lowest BCUT2D eigenvalue weighted by Gasteiger charge is -2.16. The summed E-state index contributed by atoms with van der Waals surface area (Å²) in [7, 11) is 0. The SMILES string of the molecule is CCCCOC1=NCCc2ccccc21. The van der Waals surface area contributed by atoms with E-state index in [1.807, 2.05) is 6.07 Å². The van der Waals surface area contributed by atoms with Gasteiger partial charge in [0.05, 0.1) is 6.61 Å². The van der Waals surface area contributed by atoms with E-state index in [-0.39, 0.29) is 0 Å². The molecule has 80 valence electrons. The lowest BCUT2D eigenvalue weighted by atomic mass is 10.0. The highest BCUT2D eigenvalue weighted by atomic mass is 16.5. The van der Waals surface area contributed by atoms with Crippen molar-refractivity contribution >= 4 is 5.90 Å². The van der Waals surface area contributed by atoms with Crippen molar-refractivity contribution in [2.45, 2.75) is 26.2 Å². The van der Waals surface area contributed by atoms with E-state index in [0.29, 0.717) is 0 Å². The molecule has 0 N–H and O–H groups in total. The van der Waals surface area contributed by atoms with Crippen LogP contribution in [0.2, 0.25) is 0 Å². The average Bonchev–Trinajstić information content (AvgIpc) is 2.30. The second kappa shape index (κ2) is 4.96. The van der Waals surface area contributed by atoms with Gasteiger partial charge in [0.2, 0.25) is 5.90 Å². The number of hydrogen-bond donors (Lipinski definition) is 0. The molecule has 0 atom stereocenters. The highest BCUT2D eigenvalue weighted by Crippen LogP contribution is 2.16. The maximum absolute atomic E-state index is 5.70. The van der Waals surface area contributed by atoms with E-state index in [9.17, 15) is 0 Å². The maximum Gasteiger partial charge on any atom is 0.216 e. The van der Waals surface area contributed by atoms with Crippen molar-refractivity contribution in [1.82, 2.24) is 0 Å². The molecule has 0 fully saturated rings. The molecule has 0 amide bonds. The van der Waals surface area contributed by atoms with Gasteiger partial charge in [-0.1, -0.05) is 31.5 Å². The fraction of sp³-hybridized carbons (Fsp3) is 0.462. The molecule has 0 saturated heterocycles. The molecule has 0 unspecified atom stereocenters. The zero-order valence-electron chi connectivity index (χ0n) is 9.20. The molecule has 2 nitrogen and oxygen atoms in total. The summed E-state index contributed by atoms with van der Waals surface area (Å²) >= 11 is 0. The first-order chi connectivity index (χ1) is 7.42. The first-order valence-corrected chi connectivity index (χ1v) is 5.67. The van der Waals surface area contributed by atoms with Gasteiger partial charge in [-0.3, -0.25) is 4.99 Å². The highest BCUT2D eigenvalue weighted by molar-refractivity contribution is 5.96. The fourth-order valence-electron chi connectivity index (χ4n) is 1.75. The van der Waals surface area contributed by atoms with E-state index >= 15 is 0 Å². The van der Waals surface area contributed by atoms with Crippen molar-refractivity contribution < 1.29 is 4.74 Å². The van der Waals surface area contributed by atoms with Crippen molar-refractivity contribution in [3.8, 4) is 0 Å². The molecule has 2 rings (SSSR count). The zero-order valence-corrected chi connectivity index (χ0v) is 9.20. The second-order valence-corrected chi connectivity index (χ2v) is 3.80. The average molecular weight is 203 g/mol. The number of ether oxygens (including phenoxy) is 1. The Morgan fingerprint density at radius 2 is 2.20 bits per heavy atom. The van der Waals surface area contributed by atoms with E-state index in [1.54, 1.807) is 0 Å². The van der Waals surface area contributed by atoms with Crippen LogP contribution in [-0.2, 0) is 11.2 Å². The molecule has 1 aliphatic heterocycles. The minimum atomic E-state index is 0.781. The van der Waals surface area contributed by atoms with Crippen molar-refractivity contribution in [3.63, 3.8) is 0 Å². The standard InChI is InChI=1S/C13H17NO/c1-2-3-10-15-13-12-7-5-4-6-11(12)8-9-14-13/h4-7H,2-3,8-10H2,1H3. The minimum Gasteiger partial charge on any atom is -0.477 e. The largest absolute Gasteiger partial charge is 0.477 e. The van der Waals surface area contributed by atoms with E-state index < -0.39 is 0 Å². The summed E-state index contributed by atoms with van der Waals surface area (Å²) in [5.41, 5.74) is 2.54. The molecule has 0 aliphatic carbocycles. The Morgan fingerprint density at radius 3 is 3.07 bits per heavy atom. The Kier molecular flexibility index (Phi) is 3.38. The van der Waals surface area contributed by atoms with E-state index in [2.05, 4.69) is 30.1 Å². The smallest absolute Gasteiger partial charge is 0.216 e. The molecule has 0 radical (unpaired) electrons. The van der Waals surface area contributed by atoms with Gasteiger partial charge in [0.25, 0.3) is 0 Å². The van der Waals surface area contributed by atoms with Crippen LogP contribution in [0, 0.1) is 0 Å². The van der Waals surface area contributed by atoms with Crippen LogP contribution in [0.5, 0.6) is 0 Å². The Morgan fingerprint density at radius 1 is 1.33 bits per heavy atom. The van der Waals surface area contributed by atoms with Gasteiger partial charge in [-0.25, -0.2) is 0 Å². The summed E-state index contributed by atoms with van der Waals surface area (Å²) in [4.78, 5) is 4.44. The van der Waals surface area contributed by atoms with Crippen LogP contribution < -0.4 is 0 Å². The summed E-state index contributed by atoms with van der Waals surface area (Å²) in [6.07, 6.45) is 3.30. The summed E-state index contributed by atoms with van der Waals surface area (Å²) in [5, 5.41) is 0. The third-order valence-electron chi connectivity index (χ3n) is 2.62. The normalized spacial score (nSPS) is 14.3. The van der Waals surface area contributed by atoms with Gasteiger partial charge in [-0.05, 0) is 24.5 Å². The number of unbranched alkanes of at least 4 members (excludes halogenated alkanes) is 1. The lowest BCUT2D eigenvalue weighted by Crippen LogP contribution is -2.16. The number of benzene rings is 1. The van der Waals surface area contributed by atoms with Gasteiger partial charge < -0.3 is 4.74 Å². The van der Waals surface area contributed by atoms with E-state index in [0.717, 1.165) is 38.3 Å². The number of aliphatic imine (C=N–C) groups is 1. The Bertz CT molecular complexity index is 357. The summed E-state index contributed by atoms with van der Waals surface area (Å²) in [6, 6.07) is 8.38. The second-order valence-electron chi connectivity index (χ2n) is 3.80. The summed E-state index contributed by atoms with van der Waals surface area (Å²) in [5.74, 6) is 0.838. The third-order valence-corrected chi connectivity index (χ3v) is 2.62. The Balaban J connectivity index is 2.09. The monoisotopic (exact) mass is 203 g/mol.